The molecule has 0 atom stereocenters. The van der Waals surface area contributed by atoms with Gasteiger partial charge in [-0.1, -0.05) is 26.0 Å². The zero-order chi connectivity index (χ0) is 11.0. The SMILES string of the molecule is CC.COC(=O)Cc1cccc(N)c1. The third-order valence-electron chi connectivity index (χ3n) is 1.53. The van der Waals surface area contributed by atoms with Gasteiger partial charge in [0.15, 0.2) is 0 Å². The van der Waals surface area contributed by atoms with Crippen LogP contribution in [0.15, 0.2) is 24.3 Å². The second kappa shape index (κ2) is 6.95. The molecule has 0 unspecified atom stereocenters. The Morgan fingerprint density at radius 2 is 2.07 bits per heavy atom. The second-order valence-electron chi connectivity index (χ2n) is 2.50. The molecule has 0 radical (unpaired) electrons. The van der Waals surface area contributed by atoms with Crippen molar-refractivity contribution in [1.82, 2.24) is 0 Å². The molecular weight excluding hydrogens is 178 g/mol. The minimum absolute atomic E-state index is 0.249. The maximum Gasteiger partial charge on any atom is 0.309 e. The van der Waals surface area contributed by atoms with Crippen molar-refractivity contribution >= 4 is 11.7 Å². The molecule has 0 amide bonds. The number of rotatable bonds is 2. The lowest BCUT2D eigenvalue weighted by molar-refractivity contribution is -0.139. The monoisotopic (exact) mass is 195 g/mol. The molecule has 2 N–H and O–H groups in total. The maximum atomic E-state index is 10.8. The van der Waals surface area contributed by atoms with Crippen LogP contribution < -0.4 is 5.73 Å². The molecular formula is C11H17NO2. The molecule has 3 heteroatoms. The molecule has 0 aliphatic rings. The first-order valence-corrected chi connectivity index (χ1v) is 4.63. The van der Waals surface area contributed by atoms with Crippen LogP contribution in [0.4, 0.5) is 5.69 Å². The van der Waals surface area contributed by atoms with Crippen molar-refractivity contribution in [3.8, 4) is 0 Å². The second-order valence-corrected chi connectivity index (χ2v) is 2.50. The van der Waals surface area contributed by atoms with Crippen LogP contribution in [0, 0.1) is 0 Å². The van der Waals surface area contributed by atoms with E-state index in [0.717, 1.165) is 5.56 Å². The highest BCUT2D eigenvalue weighted by Crippen LogP contribution is 2.07. The Morgan fingerprint density at radius 1 is 1.43 bits per heavy atom. The summed E-state index contributed by atoms with van der Waals surface area (Å²) < 4.78 is 4.51. The number of carbonyl (C=O) groups is 1. The number of ether oxygens (including phenoxy) is 1. The summed E-state index contributed by atoms with van der Waals surface area (Å²) in [5.41, 5.74) is 7.06. The van der Waals surface area contributed by atoms with Crippen molar-refractivity contribution in [2.75, 3.05) is 12.8 Å². The molecule has 78 valence electrons. The summed E-state index contributed by atoms with van der Waals surface area (Å²) in [5.74, 6) is -0.249. The highest BCUT2D eigenvalue weighted by atomic mass is 16.5. The van der Waals surface area contributed by atoms with E-state index < -0.39 is 0 Å². The van der Waals surface area contributed by atoms with Gasteiger partial charge in [-0.05, 0) is 17.7 Å². The van der Waals surface area contributed by atoms with Crippen molar-refractivity contribution in [2.24, 2.45) is 0 Å². The molecule has 0 aliphatic carbocycles. The van der Waals surface area contributed by atoms with Crippen LogP contribution in [-0.2, 0) is 16.0 Å². The molecule has 0 aromatic heterocycles. The number of carbonyl (C=O) groups excluding carboxylic acids is 1. The topological polar surface area (TPSA) is 52.3 Å². The van der Waals surface area contributed by atoms with E-state index in [1.165, 1.54) is 7.11 Å². The van der Waals surface area contributed by atoms with Crippen molar-refractivity contribution in [1.29, 1.82) is 0 Å². The number of benzene rings is 1. The Labute approximate surface area is 84.9 Å². The standard InChI is InChI=1S/C9H11NO2.C2H6/c1-12-9(11)6-7-3-2-4-8(10)5-7;1-2/h2-5H,6,10H2,1H3;1-2H3. The quantitative estimate of drug-likeness (QED) is 0.580. The fraction of sp³-hybridized carbons (Fsp3) is 0.364. The van der Waals surface area contributed by atoms with Crippen LogP contribution in [0.25, 0.3) is 0 Å². The van der Waals surface area contributed by atoms with Crippen molar-refractivity contribution in [3.05, 3.63) is 29.8 Å². The molecule has 0 bridgehead atoms. The van der Waals surface area contributed by atoms with E-state index in [1.54, 1.807) is 12.1 Å². The van der Waals surface area contributed by atoms with Gasteiger partial charge in [0.2, 0.25) is 0 Å². The van der Waals surface area contributed by atoms with Crippen LogP contribution in [0.1, 0.15) is 19.4 Å². The summed E-state index contributed by atoms with van der Waals surface area (Å²) in [6, 6.07) is 7.19. The summed E-state index contributed by atoms with van der Waals surface area (Å²) in [6.45, 7) is 4.00. The van der Waals surface area contributed by atoms with Crippen LogP contribution in [-0.4, -0.2) is 13.1 Å². The number of anilines is 1. The lowest BCUT2D eigenvalue weighted by atomic mass is 10.1. The van der Waals surface area contributed by atoms with Gasteiger partial charge in [-0.15, -0.1) is 0 Å². The first-order chi connectivity index (χ1) is 6.72. The minimum Gasteiger partial charge on any atom is -0.469 e. The lowest BCUT2D eigenvalue weighted by Crippen LogP contribution is -2.04. The largest absolute Gasteiger partial charge is 0.469 e. The molecule has 14 heavy (non-hydrogen) atoms. The summed E-state index contributed by atoms with van der Waals surface area (Å²) in [7, 11) is 1.37. The van der Waals surface area contributed by atoms with E-state index in [9.17, 15) is 4.79 Å². The molecule has 0 spiro atoms. The van der Waals surface area contributed by atoms with Crippen LogP contribution in [0.2, 0.25) is 0 Å². The van der Waals surface area contributed by atoms with Gasteiger partial charge in [0.25, 0.3) is 0 Å². The smallest absolute Gasteiger partial charge is 0.309 e. The molecule has 0 saturated heterocycles. The molecule has 1 aromatic rings. The molecule has 0 saturated carbocycles. The molecule has 0 aliphatic heterocycles. The Hall–Kier alpha value is -1.51. The highest BCUT2D eigenvalue weighted by molar-refractivity contribution is 5.72. The predicted octanol–water partition coefficient (Wildman–Crippen LogP) is 2.01. The fourth-order valence-electron chi connectivity index (χ4n) is 0.942. The fourth-order valence-corrected chi connectivity index (χ4v) is 0.942. The molecule has 0 fully saturated rings. The average Bonchev–Trinajstić information content (AvgIpc) is 2.21. The maximum absolute atomic E-state index is 10.8. The first-order valence-electron chi connectivity index (χ1n) is 4.63. The average molecular weight is 195 g/mol. The summed E-state index contributed by atoms with van der Waals surface area (Å²) in [5, 5.41) is 0. The minimum atomic E-state index is -0.249. The van der Waals surface area contributed by atoms with E-state index in [0.29, 0.717) is 5.69 Å². The van der Waals surface area contributed by atoms with E-state index in [4.69, 9.17) is 5.73 Å². The van der Waals surface area contributed by atoms with Gasteiger partial charge >= 0.3 is 5.97 Å². The summed E-state index contributed by atoms with van der Waals surface area (Å²) in [4.78, 5) is 10.8. The van der Waals surface area contributed by atoms with Gasteiger partial charge in [0.05, 0.1) is 13.5 Å². The van der Waals surface area contributed by atoms with Crippen LogP contribution >= 0.6 is 0 Å². The van der Waals surface area contributed by atoms with Gasteiger partial charge < -0.3 is 10.5 Å². The predicted molar refractivity (Wildman–Crippen MR) is 57.9 cm³/mol. The van der Waals surface area contributed by atoms with Gasteiger partial charge in [-0.25, -0.2) is 0 Å². The zero-order valence-corrected chi connectivity index (χ0v) is 8.91. The van der Waals surface area contributed by atoms with Gasteiger partial charge in [-0.2, -0.15) is 0 Å². The highest BCUT2D eigenvalue weighted by Gasteiger charge is 2.01. The summed E-state index contributed by atoms with van der Waals surface area (Å²) in [6.07, 6.45) is 0.279. The van der Waals surface area contributed by atoms with E-state index in [-0.39, 0.29) is 12.4 Å². The number of nitrogen functional groups attached to an aromatic ring is 1. The number of hydrogen-bond acceptors (Lipinski definition) is 3. The van der Waals surface area contributed by atoms with Gasteiger partial charge in [0.1, 0.15) is 0 Å². The lowest BCUT2D eigenvalue weighted by Gasteiger charge is -2.00. The van der Waals surface area contributed by atoms with Crippen molar-refractivity contribution in [2.45, 2.75) is 20.3 Å². The van der Waals surface area contributed by atoms with Crippen molar-refractivity contribution in [3.63, 3.8) is 0 Å². The van der Waals surface area contributed by atoms with E-state index in [2.05, 4.69) is 4.74 Å². The van der Waals surface area contributed by atoms with Crippen LogP contribution in [0.3, 0.4) is 0 Å². The van der Waals surface area contributed by atoms with Crippen molar-refractivity contribution < 1.29 is 9.53 Å². The summed E-state index contributed by atoms with van der Waals surface area (Å²) >= 11 is 0. The Bertz CT molecular complexity index is 284. The molecule has 0 heterocycles. The van der Waals surface area contributed by atoms with E-state index in [1.807, 2.05) is 26.0 Å². The van der Waals surface area contributed by atoms with E-state index >= 15 is 0 Å². The zero-order valence-electron chi connectivity index (χ0n) is 8.91. The third kappa shape index (κ3) is 4.50. The molecule has 1 rings (SSSR count). The number of methoxy groups -OCH3 is 1. The normalized spacial score (nSPS) is 8.50. The molecule has 3 nitrogen and oxygen atoms in total. The number of esters is 1. The number of hydrogen-bond donors (Lipinski definition) is 1. The Kier molecular flexibility index (Phi) is 6.20. The first kappa shape index (κ1) is 12.5. The van der Waals surface area contributed by atoms with Gasteiger partial charge in [0, 0.05) is 5.69 Å². The third-order valence-corrected chi connectivity index (χ3v) is 1.53. The number of nitrogens with two attached hydrogens (primary N) is 1. The van der Waals surface area contributed by atoms with Gasteiger partial charge in [-0.3, -0.25) is 4.79 Å². The Balaban J connectivity index is 0.000000791. The Morgan fingerprint density at radius 3 is 2.57 bits per heavy atom. The molecule has 1 aromatic carbocycles. The van der Waals surface area contributed by atoms with Crippen LogP contribution in [0.5, 0.6) is 0 Å².